The van der Waals surface area contributed by atoms with Crippen LogP contribution in [-0.4, -0.2) is 101 Å². The van der Waals surface area contributed by atoms with Gasteiger partial charge in [-0.3, -0.25) is 19.1 Å². The van der Waals surface area contributed by atoms with Gasteiger partial charge in [-0.1, -0.05) is 72.7 Å². The van der Waals surface area contributed by atoms with Gasteiger partial charge in [0.1, 0.15) is 0 Å². The molecule has 0 bridgehead atoms. The Balaban J connectivity index is 1.24. The van der Waals surface area contributed by atoms with Crippen molar-refractivity contribution in [3.63, 3.8) is 0 Å². The van der Waals surface area contributed by atoms with Crippen molar-refractivity contribution < 1.29 is 33.1 Å². The molecular weight excluding hydrogens is 656 g/mol. The number of benzene rings is 2. The Kier molecular flexibility index (Phi) is 10.8. The fourth-order valence-corrected chi connectivity index (χ4v) is 6.60. The van der Waals surface area contributed by atoms with E-state index in [9.17, 15) is 9.59 Å². The molecule has 0 spiro atoms. The van der Waals surface area contributed by atoms with E-state index in [4.69, 9.17) is 38.4 Å². The Morgan fingerprint density at radius 3 is 2.31 bits per heavy atom. The normalized spacial score (nSPS) is 20.7. The Morgan fingerprint density at radius 1 is 0.941 bits per heavy atom. The molecule has 5 aromatic rings. The number of carbonyl (C=O) groups excluding carboxylic acids is 2. The van der Waals surface area contributed by atoms with Gasteiger partial charge in [-0.15, -0.1) is 0 Å². The first-order valence-electron chi connectivity index (χ1n) is 17.1. The predicted molar refractivity (Wildman–Crippen MR) is 185 cm³/mol. The smallest absolute Gasteiger partial charge is 0.293 e. The van der Waals surface area contributed by atoms with E-state index in [1.807, 2.05) is 43.3 Å². The maximum Gasteiger partial charge on any atom is 0.293 e. The van der Waals surface area contributed by atoms with E-state index in [0.29, 0.717) is 80.1 Å². The molecule has 0 radical (unpaired) electrons. The first kappa shape index (κ1) is 34.1. The van der Waals surface area contributed by atoms with Gasteiger partial charge in [0, 0.05) is 44.7 Å². The Bertz CT molecular complexity index is 1840. The number of hydrogen-bond acceptors (Lipinski definition) is 14. The van der Waals surface area contributed by atoms with Gasteiger partial charge in [-0.05, 0) is 17.5 Å². The largest absolute Gasteiger partial charge is 0.457 e. The quantitative estimate of drug-likeness (QED) is 0.143. The molecule has 2 fully saturated rings. The molecule has 3 aromatic heterocycles. The first-order valence-corrected chi connectivity index (χ1v) is 17.1. The summed E-state index contributed by atoms with van der Waals surface area (Å²) in [6.45, 7) is 7.54. The summed E-state index contributed by atoms with van der Waals surface area (Å²) in [5.74, 6) is 1.23. The van der Waals surface area contributed by atoms with Gasteiger partial charge in [0.2, 0.25) is 5.95 Å². The summed E-state index contributed by atoms with van der Waals surface area (Å²) in [5.41, 5.74) is 3.89. The van der Waals surface area contributed by atoms with Crippen molar-refractivity contribution in [1.82, 2.24) is 29.6 Å². The van der Waals surface area contributed by atoms with E-state index in [1.165, 1.54) is 0 Å². The van der Waals surface area contributed by atoms with Crippen LogP contribution in [-0.2, 0) is 35.0 Å². The molecule has 15 nitrogen and oxygen atoms in total. The standard InChI is InChI=1S/C36H40N8O7/c1-2-26-19-28(51-42-26)30-31(48-22-45)32(49-23-46)35(50-30)44-21-39-29-33(40-36(41-34(29)44)37-13-14-43-15-17-47-18-16-43)38-20-27(24-9-5-3-6-10-24)25-11-7-4-8-12-25/h3-12,19,21-23,27,30-32,35H,2,13-18,20H2,1H3,(H2,37,38,40,41)/t30-,31-,32-,35-/m1/s1. The van der Waals surface area contributed by atoms with Crippen LogP contribution < -0.4 is 10.6 Å². The average Bonchev–Trinajstić information content (AvgIpc) is 3.91. The SMILES string of the molecule is CCc1cc([C@H]2O[C@@H](n3cnc4c(NCC(c5ccccc5)c5ccccc5)nc(NCCN5CCOCC5)nc43)[C@H](OC=O)[C@@H]2OC=O)on1. The number of nitrogens with zero attached hydrogens (tertiary/aromatic N) is 6. The number of imidazole rings is 1. The van der Waals surface area contributed by atoms with Crippen LogP contribution in [0.25, 0.3) is 11.2 Å². The van der Waals surface area contributed by atoms with Crippen molar-refractivity contribution in [1.29, 1.82) is 0 Å². The minimum atomic E-state index is -1.06. The molecule has 266 valence electrons. The lowest BCUT2D eigenvalue weighted by Crippen LogP contribution is -2.39. The molecule has 2 aliphatic rings. The first-order chi connectivity index (χ1) is 25.2. The topological polar surface area (TPSA) is 168 Å². The monoisotopic (exact) mass is 696 g/mol. The number of morpholine rings is 1. The lowest BCUT2D eigenvalue weighted by molar-refractivity contribution is -0.151. The van der Waals surface area contributed by atoms with Crippen LogP contribution in [0.3, 0.4) is 0 Å². The zero-order chi connectivity index (χ0) is 35.0. The van der Waals surface area contributed by atoms with E-state index in [1.54, 1.807) is 17.0 Å². The lowest BCUT2D eigenvalue weighted by atomic mass is 9.91. The highest BCUT2D eigenvalue weighted by molar-refractivity contribution is 5.84. The summed E-state index contributed by atoms with van der Waals surface area (Å²) in [7, 11) is 0. The fraction of sp³-hybridized carbons (Fsp3) is 0.389. The molecule has 2 aromatic carbocycles. The van der Waals surface area contributed by atoms with E-state index < -0.39 is 24.5 Å². The molecule has 15 heteroatoms. The van der Waals surface area contributed by atoms with Gasteiger partial charge >= 0.3 is 0 Å². The van der Waals surface area contributed by atoms with Crippen molar-refractivity contribution in [3.8, 4) is 0 Å². The molecule has 2 N–H and O–H groups in total. The minimum Gasteiger partial charge on any atom is -0.457 e. The zero-order valence-corrected chi connectivity index (χ0v) is 28.2. The lowest BCUT2D eigenvalue weighted by Gasteiger charge is -2.26. The number of aryl methyl sites for hydroxylation is 1. The van der Waals surface area contributed by atoms with Crippen LogP contribution in [0.5, 0.6) is 0 Å². The van der Waals surface area contributed by atoms with Gasteiger partial charge in [0.05, 0.1) is 25.2 Å². The fourth-order valence-electron chi connectivity index (χ4n) is 6.60. The molecule has 4 atom stereocenters. The Labute approximate surface area is 294 Å². The average molecular weight is 697 g/mol. The van der Waals surface area contributed by atoms with Gasteiger partial charge in [0.15, 0.2) is 47.3 Å². The summed E-state index contributed by atoms with van der Waals surface area (Å²) in [6, 6.07) is 22.3. The predicted octanol–water partition coefficient (Wildman–Crippen LogP) is 3.72. The molecule has 2 aliphatic heterocycles. The third-order valence-corrected chi connectivity index (χ3v) is 9.22. The zero-order valence-electron chi connectivity index (χ0n) is 28.2. The van der Waals surface area contributed by atoms with Gasteiger partial charge in [-0.25, -0.2) is 4.98 Å². The Morgan fingerprint density at radius 2 is 1.65 bits per heavy atom. The number of hydrogen-bond donors (Lipinski definition) is 2. The van der Waals surface area contributed by atoms with Crippen LogP contribution in [0.1, 0.15) is 47.8 Å². The molecular formula is C36H40N8O7. The summed E-state index contributed by atoms with van der Waals surface area (Å²) in [4.78, 5) is 40.2. The van der Waals surface area contributed by atoms with Crippen LogP contribution in [0, 0.1) is 0 Å². The third-order valence-electron chi connectivity index (χ3n) is 9.22. The highest BCUT2D eigenvalue weighted by Crippen LogP contribution is 2.43. The second-order valence-corrected chi connectivity index (χ2v) is 12.3. The summed E-state index contributed by atoms with van der Waals surface area (Å²) in [5, 5.41) is 11.0. The highest BCUT2D eigenvalue weighted by atomic mass is 16.6. The van der Waals surface area contributed by atoms with Crippen molar-refractivity contribution in [2.75, 3.05) is 56.6 Å². The molecule has 51 heavy (non-hydrogen) atoms. The molecule has 0 unspecified atom stereocenters. The Hall–Kier alpha value is -5.38. The highest BCUT2D eigenvalue weighted by Gasteiger charge is 2.51. The molecule has 0 amide bonds. The number of aromatic nitrogens is 5. The van der Waals surface area contributed by atoms with Crippen molar-refractivity contribution in [2.45, 2.75) is 43.8 Å². The third kappa shape index (κ3) is 7.55. The van der Waals surface area contributed by atoms with E-state index >= 15 is 0 Å². The second kappa shape index (κ2) is 16.1. The molecule has 7 rings (SSSR count). The number of carbonyl (C=O) groups is 2. The molecule has 0 saturated carbocycles. The number of fused-ring (bicyclic) bond motifs is 1. The summed E-state index contributed by atoms with van der Waals surface area (Å²) in [6.07, 6.45) is -1.82. The van der Waals surface area contributed by atoms with Crippen molar-refractivity contribution in [3.05, 3.63) is 95.6 Å². The van der Waals surface area contributed by atoms with Crippen LogP contribution in [0.15, 0.2) is 77.6 Å². The van der Waals surface area contributed by atoms with E-state index in [0.717, 1.165) is 30.8 Å². The van der Waals surface area contributed by atoms with Gasteiger partial charge in [-0.2, -0.15) is 9.97 Å². The van der Waals surface area contributed by atoms with Crippen LogP contribution in [0.2, 0.25) is 0 Å². The summed E-state index contributed by atoms with van der Waals surface area (Å²) < 4.78 is 30.1. The number of ether oxygens (including phenoxy) is 4. The number of rotatable bonds is 16. The maximum absolute atomic E-state index is 11.8. The molecule has 2 saturated heterocycles. The van der Waals surface area contributed by atoms with Gasteiger partial charge in [0.25, 0.3) is 12.9 Å². The molecule has 5 heterocycles. The van der Waals surface area contributed by atoms with Crippen molar-refractivity contribution in [2.24, 2.45) is 0 Å². The van der Waals surface area contributed by atoms with E-state index in [2.05, 4.69) is 45.0 Å². The van der Waals surface area contributed by atoms with Crippen LogP contribution >= 0.6 is 0 Å². The number of nitrogens with one attached hydrogen (secondary N) is 2. The number of anilines is 2. The maximum atomic E-state index is 11.8. The van der Waals surface area contributed by atoms with Crippen LogP contribution in [0.4, 0.5) is 11.8 Å². The second-order valence-electron chi connectivity index (χ2n) is 12.3. The summed E-state index contributed by atoms with van der Waals surface area (Å²) >= 11 is 0. The van der Waals surface area contributed by atoms with Gasteiger partial charge < -0.3 is 34.1 Å². The minimum absolute atomic E-state index is 0.0118. The van der Waals surface area contributed by atoms with E-state index in [-0.39, 0.29) is 5.92 Å². The van der Waals surface area contributed by atoms with Crippen molar-refractivity contribution >= 4 is 35.9 Å². The molecule has 0 aliphatic carbocycles.